The van der Waals surface area contributed by atoms with Gasteiger partial charge in [-0.3, -0.25) is 19.2 Å². The van der Waals surface area contributed by atoms with Crippen molar-refractivity contribution in [3.05, 3.63) is 34.8 Å². The molecule has 4 rings (SSSR count). The van der Waals surface area contributed by atoms with E-state index in [-0.39, 0.29) is 17.4 Å². The van der Waals surface area contributed by atoms with Crippen molar-refractivity contribution >= 4 is 28.8 Å². The Morgan fingerprint density at radius 1 is 1.32 bits per heavy atom. The van der Waals surface area contributed by atoms with E-state index in [0.717, 1.165) is 17.7 Å². The molecule has 2 fully saturated rings. The number of anilines is 1. The Balaban J connectivity index is 1.56. The number of carbonyl (C=O) groups excluding carboxylic acids is 2. The fourth-order valence-corrected chi connectivity index (χ4v) is 4.41. The fraction of sp³-hybridized carbons (Fsp3) is 0.471. The van der Waals surface area contributed by atoms with Crippen molar-refractivity contribution in [2.75, 3.05) is 38.1 Å². The minimum absolute atomic E-state index is 0.0729. The summed E-state index contributed by atoms with van der Waals surface area (Å²) in [7, 11) is 3.83. The van der Waals surface area contributed by atoms with Crippen molar-refractivity contribution in [2.24, 2.45) is 7.05 Å². The number of aromatic nitrogens is 2. The van der Waals surface area contributed by atoms with Crippen molar-refractivity contribution in [1.82, 2.24) is 19.6 Å². The number of thiophene rings is 1. The molecule has 0 aliphatic carbocycles. The van der Waals surface area contributed by atoms with Crippen LogP contribution in [0.4, 0.5) is 5.69 Å². The highest BCUT2D eigenvalue weighted by Crippen LogP contribution is 2.34. The molecule has 132 valence electrons. The second-order valence-electron chi connectivity index (χ2n) is 6.92. The highest BCUT2D eigenvalue weighted by atomic mass is 32.1. The summed E-state index contributed by atoms with van der Waals surface area (Å²) in [5.74, 6) is 0.153. The number of nitrogens with zero attached hydrogens (tertiary/aromatic N) is 5. The van der Waals surface area contributed by atoms with E-state index in [1.807, 2.05) is 46.9 Å². The molecule has 2 aromatic rings. The van der Waals surface area contributed by atoms with Crippen LogP contribution in [0, 0.1) is 0 Å². The maximum Gasteiger partial charge on any atom is 0.254 e. The van der Waals surface area contributed by atoms with Crippen LogP contribution in [0.1, 0.15) is 16.8 Å². The Labute approximate surface area is 150 Å². The number of hydrogen-bond donors (Lipinski definition) is 0. The Kier molecular flexibility index (Phi) is 3.88. The van der Waals surface area contributed by atoms with Gasteiger partial charge >= 0.3 is 0 Å². The van der Waals surface area contributed by atoms with E-state index < -0.39 is 0 Å². The van der Waals surface area contributed by atoms with Crippen LogP contribution in [0.25, 0.3) is 0 Å². The van der Waals surface area contributed by atoms with Gasteiger partial charge in [0.1, 0.15) is 0 Å². The first-order valence-electron chi connectivity index (χ1n) is 8.30. The standard InChI is InChI=1S/C17H21N5O2S/c1-19-9-15(23)22(14-7-18-20(2)8-14)12-17(19)4-5-21(11-17)16(24)13-3-6-25-10-13/h3,6-8,10H,4-5,9,11-12H2,1-2H3/t17-/m1/s1. The SMILES string of the molecule is CN1CC(=O)N(c2cnn(C)c2)C[C@]12CCN(C(=O)c1ccsc1)C2. The number of amides is 2. The monoisotopic (exact) mass is 359 g/mol. The lowest BCUT2D eigenvalue weighted by Crippen LogP contribution is -2.64. The minimum atomic E-state index is -0.199. The molecule has 0 bridgehead atoms. The van der Waals surface area contributed by atoms with E-state index in [4.69, 9.17) is 0 Å². The predicted molar refractivity (Wildman–Crippen MR) is 95.8 cm³/mol. The van der Waals surface area contributed by atoms with Gasteiger partial charge in [-0.2, -0.15) is 16.4 Å². The Morgan fingerprint density at radius 3 is 2.84 bits per heavy atom. The molecule has 0 saturated carbocycles. The van der Waals surface area contributed by atoms with Gasteiger partial charge in [0.05, 0.1) is 29.5 Å². The van der Waals surface area contributed by atoms with Crippen LogP contribution < -0.4 is 4.90 Å². The molecule has 1 atom stereocenters. The topological polar surface area (TPSA) is 61.7 Å². The van der Waals surface area contributed by atoms with E-state index in [9.17, 15) is 9.59 Å². The molecule has 7 nitrogen and oxygen atoms in total. The molecule has 2 aliphatic rings. The highest BCUT2D eigenvalue weighted by Gasteiger charge is 2.48. The van der Waals surface area contributed by atoms with E-state index in [1.165, 1.54) is 11.3 Å². The summed E-state index contributed by atoms with van der Waals surface area (Å²) in [5.41, 5.74) is 1.37. The van der Waals surface area contributed by atoms with Gasteiger partial charge in [-0.15, -0.1) is 0 Å². The van der Waals surface area contributed by atoms with Crippen LogP contribution in [0.2, 0.25) is 0 Å². The van der Waals surface area contributed by atoms with Gasteiger partial charge in [-0.1, -0.05) is 0 Å². The zero-order valence-electron chi connectivity index (χ0n) is 14.4. The van der Waals surface area contributed by atoms with Crippen LogP contribution >= 0.6 is 11.3 Å². The zero-order chi connectivity index (χ0) is 17.6. The quantitative estimate of drug-likeness (QED) is 0.804. The lowest BCUT2D eigenvalue weighted by molar-refractivity contribution is -0.123. The molecule has 2 saturated heterocycles. The van der Waals surface area contributed by atoms with Crippen LogP contribution in [-0.2, 0) is 11.8 Å². The minimum Gasteiger partial charge on any atom is -0.337 e. The zero-order valence-corrected chi connectivity index (χ0v) is 15.2. The van der Waals surface area contributed by atoms with Crippen molar-refractivity contribution in [3.63, 3.8) is 0 Å². The van der Waals surface area contributed by atoms with Gasteiger partial charge in [0, 0.05) is 38.3 Å². The number of likely N-dealkylation sites (tertiary alicyclic amines) is 1. The summed E-state index contributed by atoms with van der Waals surface area (Å²) < 4.78 is 1.70. The summed E-state index contributed by atoms with van der Waals surface area (Å²) in [6.45, 7) is 2.30. The number of rotatable bonds is 2. The first-order valence-corrected chi connectivity index (χ1v) is 9.24. The van der Waals surface area contributed by atoms with Crippen LogP contribution in [0.15, 0.2) is 29.2 Å². The molecule has 2 aromatic heterocycles. The third kappa shape index (κ3) is 2.75. The van der Waals surface area contributed by atoms with E-state index >= 15 is 0 Å². The summed E-state index contributed by atoms with van der Waals surface area (Å²) in [5, 5.41) is 8.00. The summed E-state index contributed by atoms with van der Waals surface area (Å²) in [4.78, 5) is 31.0. The van der Waals surface area contributed by atoms with Crippen molar-refractivity contribution in [3.8, 4) is 0 Å². The van der Waals surface area contributed by atoms with Crippen LogP contribution in [-0.4, -0.2) is 70.2 Å². The van der Waals surface area contributed by atoms with Crippen LogP contribution in [0.3, 0.4) is 0 Å². The maximum absolute atomic E-state index is 12.7. The molecule has 4 heterocycles. The number of hydrogen-bond acceptors (Lipinski definition) is 5. The average Bonchev–Trinajstić information content (AvgIpc) is 3.32. The smallest absolute Gasteiger partial charge is 0.254 e. The third-order valence-electron chi connectivity index (χ3n) is 5.33. The Hall–Kier alpha value is -2.19. The summed E-state index contributed by atoms with van der Waals surface area (Å²) >= 11 is 1.53. The normalized spacial score (nSPS) is 24.5. The van der Waals surface area contributed by atoms with E-state index in [1.54, 1.807) is 10.9 Å². The third-order valence-corrected chi connectivity index (χ3v) is 6.01. The van der Waals surface area contributed by atoms with Gasteiger partial charge in [0.2, 0.25) is 5.91 Å². The molecule has 0 radical (unpaired) electrons. The molecule has 0 aromatic carbocycles. The molecule has 2 amide bonds. The summed E-state index contributed by atoms with van der Waals surface area (Å²) in [6, 6.07) is 1.87. The second-order valence-corrected chi connectivity index (χ2v) is 7.70. The van der Waals surface area contributed by atoms with Gasteiger partial charge < -0.3 is 9.80 Å². The molecule has 0 N–H and O–H groups in total. The Bertz CT molecular complexity index is 802. The molecule has 1 spiro atoms. The first kappa shape index (κ1) is 16.3. The lowest BCUT2D eigenvalue weighted by atomic mass is 9.93. The van der Waals surface area contributed by atoms with Gasteiger partial charge in [0.25, 0.3) is 5.91 Å². The fourth-order valence-electron chi connectivity index (χ4n) is 3.78. The van der Waals surface area contributed by atoms with Gasteiger partial charge in [-0.05, 0) is 24.9 Å². The molecule has 25 heavy (non-hydrogen) atoms. The molecular formula is C17H21N5O2S. The van der Waals surface area contributed by atoms with Crippen molar-refractivity contribution in [2.45, 2.75) is 12.0 Å². The molecular weight excluding hydrogens is 338 g/mol. The largest absolute Gasteiger partial charge is 0.337 e. The van der Waals surface area contributed by atoms with Crippen LogP contribution in [0.5, 0.6) is 0 Å². The molecule has 8 heteroatoms. The number of piperazine rings is 1. The number of aryl methyl sites for hydroxylation is 1. The van der Waals surface area contributed by atoms with Crippen molar-refractivity contribution < 1.29 is 9.59 Å². The van der Waals surface area contributed by atoms with E-state index in [2.05, 4.69) is 10.00 Å². The van der Waals surface area contributed by atoms with Gasteiger partial charge in [0.15, 0.2) is 0 Å². The van der Waals surface area contributed by atoms with Crippen molar-refractivity contribution in [1.29, 1.82) is 0 Å². The summed E-state index contributed by atoms with van der Waals surface area (Å²) in [6.07, 6.45) is 4.45. The molecule has 2 aliphatic heterocycles. The van der Waals surface area contributed by atoms with Gasteiger partial charge in [-0.25, -0.2) is 0 Å². The number of likely N-dealkylation sites (N-methyl/N-ethyl adjacent to an activating group) is 1. The first-order chi connectivity index (χ1) is 12.0. The second kappa shape index (κ2) is 5.96. The highest BCUT2D eigenvalue weighted by molar-refractivity contribution is 7.08. The number of carbonyl (C=O) groups is 2. The predicted octanol–water partition coefficient (Wildman–Crippen LogP) is 1.04. The molecule has 0 unspecified atom stereocenters. The average molecular weight is 359 g/mol. The Morgan fingerprint density at radius 2 is 2.16 bits per heavy atom. The maximum atomic E-state index is 12.7. The lowest BCUT2D eigenvalue weighted by Gasteiger charge is -2.46. The van der Waals surface area contributed by atoms with E-state index in [0.29, 0.717) is 26.2 Å².